The van der Waals surface area contributed by atoms with Gasteiger partial charge in [-0.3, -0.25) is 4.72 Å². The number of nitrogens with zero attached hydrogens (tertiary/aromatic N) is 5. The van der Waals surface area contributed by atoms with Gasteiger partial charge in [0.1, 0.15) is 10.9 Å². The lowest BCUT2D eigenvalue weighted by Gasteiger charge is -2.34. The molecule has 2 atom stereocenters. The van der Waals surface area contributed by atoms with Crippen LogP contribution in [0.2, 0.25) is 0 Å². The average molecular weight is 692 g/mol. The summed E-state index contributed by atoms with van der Waals surface area (Å²) in [5.74, 6) is -3.22. The van der Waals surface area contributed by atoms with E-state index in [1.807, 2.05) is 26.8 Å². The smallest absolute Gasteiger partial charge is 0.410 e. The molecule has 256 valence electrons. The average Bonchev–Trinajstić information content (AvgIpc) is 3.07. The summed E-state index contributed by atoms with van der Waals surface area (Å²) in [6.07, 6.45) is 4.08. The molecule has 2 aromatic heterocycles. The van der Waals surface area contributed by atoms with Crippen molar-refractivity contribution >= 4 is 27.8 Å². The first-order valence-electron chi connectivity index (χ1n) is 15.4. The SMILES string of the molecule is CC(c1ccc(C#N)cc1)S(=O)(=O)Nc1ccc(Oc2ncccc2-c2ccnc(N[C@H]3CCCN(C(=O)OC(C)(C)C)C3)n2)c(F)c1F. The minimum atomic E-state index is -4.21. The predicted octanol–water partition coefficient (Wildman–Crippen LogP) is 6.80. The molecule has 3 heterocycles. The molecular formula is C34H35F2N7O5S. The van der Waals surface area contributed by atoms with Crippen LogP contribution in [-0.2, 0) is 14.8 Å². The zero-order chi connectivity index (χ0) is 35.3. The van der Waals surface area contributed by atoms with E-state index in [4.69, 9.17) is 14.7 Å². The third kappa shape index (κ3) is 8.57. The molecule has 1 aliphatic heterocycles. The summed E-state index contributed by atoms with van der Waals surface area (Å²) < 4.78 is 69.8. The van der Waals surface area contributed by atoms with Crippen LogP contribution in [0.5, 0.6) is 11.6 Å². The van der Waals surface area contributed by atoms with Crippen molar-refractivity contribution in [3.8, 4) is 29.0 Å². The molecule has 0 saturated carbocycles. The maximum absolute atomic E-state index is 15.3. The van der Waals surface area contributed by atoms with Crippen LogP contribution in [0.4, 0.5) is 25.2 Å². The van der Waals surface area contributed by atoms with Crippen molar-refractivity contribution in [2.45, 2.75) is 57.4 Å². The molecule has 0 bridgehead atoms. The second kappa shape index (κ2) is 14.4. The zero-order valence-corrected chi connectivity index (χ0v) is 28.1. The van der Waals surface area contributed by atoms with Gasteiger partial charge in [0.15, 0.2) is 11.6 Å². The number of aromatic nitrogens is 3. The van der Waals surface area contributed by atoms with Gasteiger partial charge in [0.2, 0.25) is 27.7 Å². The predicted molar refractivity (Wildman–Crippen MR) is 178 cm³/mol. The summed E-state index contributed by atoms with van der Waals surface area (Å²) in [5, 5.41) is 11.1. The number of amides is 1. The Balaban J connectivity index is 1.31. The number of benzene rings is 2. The molecule has 2 N–H and O–H groups in total. The van der Waals surface area contributed by atoms with E-state index in [2.05, 4.69) is 25.0 Å². The number of sulfonamides is 1. The van der Waals surface area contributed by atoms with Gasteiger partial charge in [-0.1, -0.05) is 12.1 Å². The fraction of sp³-hybridized carbons (Fsp3) is 0.324. The number of nitriles is 1. The van der Waals surface area contributed by atoms with Gasteiger partial charge in [-0.25, -0.2) is 32.6 Å². The van der Waals surface area contributed by atoms with Gasteiger partial charge in [-0.05, 0) is 88.6 Å². The van der Waals surface area contributed by atoms with Crippen molar-refractivity contribution in [3.63, 3.8) is 0 Å². The van der Waals surface area contributed by atoms with E-state index >= 15 is 8.78 Å². The lowest BCUT2D eigenvalue weighted by Crippen LogP contribution is -2.47. The van der Waals surface area contributed by atoms with Crippen LogP contribution in [0.3, 0.4) is 0 Å². The summed E-state index contributed by atoms with van der Waals surface area (Å²) in [5.41, 5.74) is 0.228. The Morgan fingerprint density at radius 3 is 2.53 bits per heavy atom. The lowest BCUT2D eigenvalue weighted by atomic mass is 10.1. The fourth-order valence-corrected chi connectivity index (χ4v) is 6.21. The topological polar surface area (TPSA) is 159 Å². The number of likely N-dealkylation sites (tertiary alicyclic amines) is 1. The number of ether oxygens (including phenoxy) is 2. The monoisotopic (exact) mass is 691 g/mol. The summed E-state index contributed by atoms with van der Waals surface area (Å²) >= 11 is 0. The van der Waals surface area contributed by atoms with Gasteiger partial charge < -0.3 is 19.7 Å². The minimum absolute atomic E-state index is 0.0815. The Morgan fingerprint density at radius 1 is 1.06 bits per heavy atom. The molecule has 15 heteroatoms. The lowest BCUT2D eigenvalue weighted by molar-refractivity contribution is 0.0206. The molecule has 1 unspecified atom stereocenters. The van der Waals surface area contributed by atoms with Gasteiger partial charge in [-0.2, -0.15) is 9.65 Å². The van der Waals surface area contributed by atoms with E-state index in [1.165, 1.54) is 43.6 Å². The number of rotatable bonds is 9. The van der Waals surface area contributed by atoms with Crippen molar-refractivity contribution in [1.82, 2.24) is 19.9 Å². The number of carbonyl (C=O) groups is 1. The first-order chi connectivity index (χ1) is 23.2. The maximum Gasteiger partial charge on any atom is 0.410 e. The highest BCUT2D eigenvalue weighted by Gasteiger charge is 2.29. The molecule has 1 fully saturated rings. The molecule has 49 heavy (non-hydrogen) atoms. The Bertz CT molecular complexity index is 1980. The number of anilines is 2. The number of hydrogen-bond acceptors (Lipinski definition) is 10. The van der Waals surface area contributed by atoms with Crippen LogP contribution in [0.1, 0.15) is 56.9 Å². The number of nitrogens with one attached hydrogen (secondary N) is 2. The van der Waals surface area contributed by atoms with Crippen LogP contribution in [0.15, 0.2) is 67.0 Å². The van der Waals surface area contributed by atoms with Crippen molar-refractivity contribution in [2.75, 3.05) is 23.1 Å². The third-order valence-electron chi connectivity index (χ3n) is 7.59. The molecule has 2 aromatic carbocycles. The molecule has 0 spiro atoms. The Hall–Kier alpha value is -5.36. The Labute approximate surface area is 283 Å². The zero-order valence-electron chi connectivity index (χ0n) is 27.3. The summed E-state index contributed by atoms with van der Waals surface area (Å²) in [4.78, 5) is 27.3. The molecular weight excluding hydrogens is 656 g/mol. The van der Waals surface area contributed by atoms with Crippen LogP contribution in [0.25, 0.3) is 11.3 Å². The number of carbonyl (C=O) groups excluding carboxylic acids is 1. The minimum Gasteiger partial charge on any atom is -0.444 e. The largest absolute Gasteiger partial charge is 0.444 e. The second-order valence-electron chi connectivity index (χ2n) is 12.4. The van der Waals surface area contributed by atoms with Crippen LogP contribution in [0, 0.1) is 23.0 Å². The van der Waals surface area contributed by atoms with E-state index < -0.39 is 50.0 Å². The molecule has 12 nitrogen and oxygen atoms in total. The number of halogens is 2. The van der Waals surface area contributed by atoms with E-state index in [-0.39, 0.29) is 17.9 Å². The standard InChI is InChI=1S/C34H35F2N7O5S/c1-21(23-11-9-22(19-37)10-12-23)49(45,46)42-27-13-14-28(30(36)29(27)35)47-31-25(8-5-16-38-31)26-15-17-39-32(41-26)40-24-7-6-18-43(20-24)33(44)48-34(2,3)4/h5,8-17,21,24,42H,6-7,18,20H2,1-4H3,(H,39,40,41)/t21?,24-/m0/s1. The number of hydrogen-bond donors (Lipinski definition) is 2. The maximum atomic E-state index is 15.3. The Kier molecular flexibility index (Phi) is 10.3. The molecule has 1 amide bonds. The van der Waals surface area contributed by atoms with Gasteiger partial charge in [0, 0.05) is 31.5 Å². The van der Waals surface area contributed by atoms with E-state index in [0.717, 1.165) is 25.0 Å². The van der Waals surface area contributed by atoms with Gasteiger partial charge in [-0.15, -0.1) is 0 Å². The summed E-state index contributed by atoms with van der Waals surface area (Å²) in [6.45, 7) is 7.80. The molecule has 0 radical (unpaired) electrons. The van der Waals surface area contributed by atoms with Crippen molar-refractivity contribution in [3.05, 3.63) is 89.8 Å². The molecule has 4 aromatic rings. The van der Waals surface area contributed by atoms with E-state index in [0.29, 0.717) is 35.5 Å². The molecule has 1 saturated heterocycles. The molecule has 0 aliphatic carbocycles. The van der Waals surface area contributed by atoms with Crippen LogP contribution >= 0.6 is 0 Å². The van der Waals surface area contributed by atoms with E-state index in [9.17, 15) is 13.2 Å². The highest BCUT2D eigenvalue weighted by atomic mass is 32.2. The van der Waals surface area contributed by atoms with Gasteiger partial charge in [0.05, 0.1) is 28.6 Å². The Morgan fingerprint density at radius 2 is 1.82 bits per heavy atom. The van der Waals surface area contributed by atoms with Crippen molar-refractivity contribution < 1.29 is 31.5 Å². The molecule has 1 aliphatic rings. The molecule has 5 rings (SSSR count). The quantitative estimate of drug-likeness (QED) is 0.191. The highest BCUT2D eigenvalue weighted by Crippen LogP contribution is 2.35. The number of piperidine rings is 1. The van der Waals surface area contributed by atoms with E-state index in [1.54, 1.807) is 23.1 Å². The van der Waals surface area contributed by atoms with Crippen LogP contribution in [-0.4, -0.2) is 59.1 Å². The first-order valence-corrected chi connectivity index (χ1v) is 17.0. The van der Waals surface area contributed by atoms with Gasteiger partial charge in [0.25, 0.3) is 0 Å². The highest BCUT2D eigenvalue weighted by molar-refractivity contribution is 7.92. The summed E-state index contributed by atoms with van der Waals surface area (Å²) in [6, 6.07) is 14.7. The van der Waals surface area contributed by atoms with Crippen LogP contribution < -0.4 is 14.8 Å². The second-order valence-corrected chi connectivity index (χ2v) is 14.4. The van der Waals surface area contributed by atoms with Gasteiger partial charge >= 0.3 is 6.09 Å². The first kappa shape index (κ1) is 35.0. The third-order valence-corrected chi connectivity index (χ3v) is 9.30. The normalized spacial score (nSPS) is 15.5. The van der Waals surface area contributed by atoms with Crippen molar-refractivity contribution in [2.24, 2.45) is 0 Å². The summed E-state index contributed by atoms with van der Waals surface area (Å²) in [7, 11) is -4.21. The number of pyridine rings is 1. The van der Waals surface area contributed by atoms with Crippen molar-refractivity contribution in [1.29, 1.82) is 5.26 Å². The fourth-order valence-electron chi connectivity index (χ4n) is 5.06.